The van der Waals surface area contributed by atoms with E-state index >= 15 is 0 Å². The van der Waals surface area contributed by atoms with Gasteiger partial charge in [-0.05, 0) is 24.6 Å². The third-order valence-electron chi connectivity index (χ3n) is 3.02. The van der Waals surface area contributed by atoms with E-state index in [-0.39, 0.29) is 11.9 Å². The Hall–Kier alpha value is -1.07. The molecule has 1 amide bonds. The Kier molecular flexibility index (Phi) is 3.69. The Morgan fingerprint density at radius 3 is 3.00 bits per heavy atom. The molecule has 1 aliphatic rings. The lowest BCUT2D eigenvalue weighted by Crippen LogP contribution is -2.37. The Morgan fingerprint density at radius 2 is 2.35 bits per heavy atom. The van der Waals surface area contributed by atoms with Gasteiger partial charge in [0, 0.05) is 23.8 Å². The molecule has 1 saturated heterocycles. The lowest BCUT2D eigenvalue weighted by molar-refractivity contribution is 0.0712. The third kappa shape index (κ3) is 2.61. The van der Waals surface area contributed by atoms with Crippen molar-refractivity contribution in [3.05, 3.63) is 28.2 Å². The highest BCUT2D eigenvalue weighted by Gasteiger charge is 2.25. The van der Waals surface area contributed by atoms with Crippen LogP contribution in [0.4, 0.5) is 5.69 Å². The van der Waals surface area contributed by atoms with Crippen LogP contribution in [0.25, 0.3) is 0 Å². The second-order valence-corrected chi connectivity index (χ2v) is 5.08. The number of amides is 1. The van der Waals surface area contributed by atoms with Gasteiger partial charge in [0.05, 0.1) is 18.2 Å². The maximum absolute atomic E-state index is 12.3. The third-order valence-corrected chi connectivity index (χ3v) is 3.51. The molecule has 1 aromatic carbocycles. The fourth-order valence-corrected chi connectivity index (χ4v) is 2.26. The number of benzene rings is 1. The van der Waals surface area contributed by atoms with Crippen LogP contribution in [0, 0.1) is 0 Å². The van der Waals surface area contributed by atoms with Crippen LogP contribution in [0.3, 0.4) is 0 Å². The highest BCUT2D eigenvalue weighted by molar-refractivity contribution is 9.10. The van der Waals surface area contributed by atoms with Gasteiger partial charge in [-0.15, -0.1) is 0 Å². The van der Waals surface area contributed by atoms with Crippen molar-refractivity contribution < 1.29 is 9.53 Å². The van der Waals surface area contributed by atoms with Gasteiger partial charge in [-0.2, -0.15) is 0 Å². The van der Waals surface area contributed by atoms with Crippen LogP contribution in [0.2, 0.25) is 0 Å². The first-order valence-corrected chi connectivity index (χ1v) is 6.29. The Morgan fingerprint density at radius 1 is 1.59 bits per heavy atom. The van der Waals surface area contributed by atoms with E-state index in [4.69, 9.17) is 10.5 Å². The summed E-state index contributed by atoms with van der Waals surface area (Å²) >= 11 is 3.35. The number of nitrogens with zero attached hydrogens (tertiary/aromatic N) is 1. The van der Waals surface area contributed by atoms with Crippen LogP contribution in [-0.4, -0.2) is 37.1 Å². The molecule has 0 aliphatic carbocycles. The molecule has 4 nitrogen and oxygen atoms in total. The minimum Gasteiger partial charge on any atom is -0.398 e. The lowest BCUT2D eigenvalue weighted by atomic mass is 10.1. The van der Waals surface area contributed by atoms with Gasteiger partial charge < -0.3 is 15.4 Å². The quantitative estimate of drug-likeness (QED) is 0.849. The summed E-state index contributed by atoms with van der Waals surface area (Å²) in [6.07, 6.45) is 0.885. The zero-order valence-electron chi connectivity index (χ0n) is 9.65. The molecule has 92 valence electrons. The van der Waals surface area contributed by atoms with Gasteiger partial charge in [-0.1, -0.05) is 15.9 Å². The predicted octanol–water partition coefficient (Wildman–Crippen LogP) is 1.89. The molecule has 2 N–H and O–H groups in total. The number of anilines is 1. The number of rotatable bonds is 2. The van der Waals surface area contributed by atoms with Crippen molar-refractivity contribution in [2.45, 2.75) is 12.5 Å². The number of likely N-dealkylation sites (N-methyl/N-ethyl adjacent to an activating group) is 1. The molecule has 1 aromatic rings. The number of carbonyl (C=O) groups excluding carboxylic acids is 1. The highest BCUT2D eigenvalue weighted by Crippen LogP contribution is 2.21. The smallest absolute Gasteiger partial charge is 0.256 e. The lowest BCUT2D eigenvalue weighted by Gasteiger charge is -2.23. The summed E-state index contributed by atoms with van der Waals surface area (Å²) in [5.41, 5.74) is 6.87. The van der Waals surface area contributed by atoms with Crippen LogP contribution in [0.15, 0.2) is 22.7 Å². The van der Waals surface area contributed by atoms with E-state index in [1.807, 2.05) is 6.07 Å². The molecule has 1 fully saturated rings. The average molecular weight is 299 g/mol. The van der Waals surface area contributed by atoms with E-state index in [1.54, 1.807) is 24.1 Å². The molecule has 0 radical (unpaired) electrons. The first kappa shape index (κ1) is 12.4. The Labute approximate surface area is 109 Å². The van der Waals surface area contributed by atoms with Gasteiger partial charge in [0.25, 0.3) is 5.91 Å². The Balaban J connectivity index is 2.20. The van der Waals surface area contributed by atoms with Gasteiger partial charge in [0.1, 0.15) is 0 Å². The van der Waals surface area contributed by atoms with Gasteiger partial charge in [0.2, 0.25) is 0 Å². The maximum atomic E-state index is 12.3. The van der Waals surface area contributed by atoms with E-state index in [9.17, 15) is 4.79 Å². The summed E-state index contributed by atoms with van der Waals surface area (Å²) in [6.45, 7) is 1.33. The molecule has 0 spiro atoms. The zero-order valence-corrected chi connectivity index (χ0v) is 11.2. The normalized spacial score (nSPS) is 19.3. The van der Waals surface area contributed by atoms with E-state index < -0.39 is 0 Å². The second-order valence-electron chi connectivity index (χ2n) is 4.17. The van der Waals surface area contributed by atoms with Crippen molar-refractivity contribution in [3.8, 4) is 0 Å². The summed E-state index contributed by atoms with van der Waals surface area (Å²) in [5, 5.41) is 0. The van der Waals surface area contributed by atoms with Crippen LogP contribution in [0.5, 0.6) is 0 Å². The molecule has 2 rings (SSSR count). The molecule has 0 aromatic heterocycles. The number of nitrogens with two attached hydrogens (primary N) is 1. The number of carbonyl (C=O) groups is 1. The zero-order chi connectivity index (χ0) is 12.4. The average Bonchev–Trinajstić information content (AvgIpc) is 2.84. The minimum absolute atomic E-state index is 0.0562. The largest absolute Gasteiger partial charge is 0.398 e. The fraction of sp³-hybridized carbons (Fsp3) is 0.417. The van der Waals surface area contributed by atoms with Crippen molar-refractivity contribution in [2.24, 2.45) is 0 Å². The number of ether oxygens (including phenoxy) is 1. The summed E-state index contributed by atoms with van der Waals surface area (Å²) in [7, 11) is 1.79. The number of hydrogen-bond donors (Lipinski definition) is 1. The molecule has 17 heavy (non-hydrogen) atoms. The van der Waals surface area contributed by atoms with Crippen molar-refractivity contribution in [1.29, 1.82) is 0 Å². The van der Waals surface area contributed by atoms with E-state index in [0.717, 1.165) is 17.5 Å². The molecule has 0 saturated carbocycles. The Bertz CT molecular complexity index is 431. The number of hydrogen-bond acceptors (Lipinski definition) is 3. The van der Waals surface area contributed by atoms with Gasteiger partial charge in [-0.3, -0.25) is 4.79 Å². The van der Waals surface area contributed by atoms with Gasteiger partial charge >= 0.3 is 0 Å². The van der Waals surface area contributed by atoms with Crippen molar-refractivity contribution in [3.63, 3.8) is 0 Å². The molecule has 1 aliphatic heterocycles. The second kappa shape index (κ2) is 5.06. The molecule has 5 heteroatoms. The highest BCUT2D eigenvalue weighted by atomic mass is 79.9. The van der Waals surface area contributed by atoms with Crippen LogP contribution < -0.4 is 5.73 Å². The first-order chi connectivity index (χ1) is 8.09. The molecule has 0 bridgehead atoms. The van der Waals surface area contributed by atoms with Gasteiger partial charge in [0.15, 0.2) is 0 Å². The summed E-state index contributed by atoms with van der Waals surface area (Å²) in [6, 6.07) is 5.46. The monoisotopic (exact) mass is 298 g/mol. The van der Waals surface area contributed by atoms with Crippen LogP contribution >= 0.6 is 15.9 Å². The number of nitrogen functional groups attached to an aromatic ring is 1. The topological polar surface area (TPSA) is 55.6 Å². The fourth-order valence-electron chi connectivity index (χ4n) is 1.90. The standard InChI is InChI=1S/C12H15BrN2O2/c1-15(9-4-5-17-7-9)12(16)10-6-8(13)2-3-11(10)14/h2-3,6,9H,4-5,7,14H2,1H3. The van der Waals surface area contributed by atoms with Crippen molar-refractivity contribution in [2.75, 3.05) is 26.0 Å². The van der Waals surface area contributed by atoms with Crippen molar-refractivity contribution >= 4 is 27.5 Å². The van der Waals surface area contributed by atoms with Gasteiger partial charge in [-0.25, -0.2) is 0 Å². The first-order valence-electron chi connectivity index (χ1n) is 5.49. The number of halogens is 1. The SMILES string of the molecule is CN(C(=O)c1cc(Br)ccc1N)C1CCOC1. The molecular weight excluding hydrogens is 284 g/mol. The summed E-state index contributed by atoms with van der Waals surface area (Å²) < 4.78 is 6.14. The molecular formula is C12H15BrN2O2. The predicted molar refractivity (Wildman–Crippen MR) is 69.9 cm³/mol. The van der Waals surface area contributed by atoms with E-state index in [1.165, 1.54) is 0 Å². The molecule has 1 atom stereocenters. The summed E-state index contributed by atoms with van der Waals surface area (Å²) in [5.74, 6) is -0.0562. The minimum atomic E-state index is -0.0562. The van der Waals surface area contributed by atoms with Crippen LogP contribution in [0.1, 0.15) is 16.8 Å². The van der Waals surface area contributed by atoms with E-state index in [0.29, 0.717) is 17.9 Å². The maximum Gasteiger partial charge on any atom is 0.256 e. The summed E-state index contributed by atoms with van der Waals surface area (Å²) in [4.78, 5) is 14.0. The van der Waals surface area contributed by atoms with E-state index in [2.05, 4.69) is 15.9 Å². The molecule has 1 heterocycles. The van der Waals surface area contributed by atoms with Crippen LogP contribution in [-0.2, 0) is 4.74 Å². The molecule has 1 unspecified atom stereocenters. The van der Waals surface area contributed by atoms with Crippen molar-refractivity contribution in [1.82, 2.24) is 4.90 Å².